The fraction of sp³-hybridized carbons (Fsp3) is 0.320. The molecule has 1 aromatic rings. The van der Waals surface area contributed by atoms with Gasteiger partial charge in [-0.1, -0.05) is 36.6 Å². The number of rotatable bonds is 9. The van der Waals surface area contributed by atoms with E-state index in [-0.39, 0.29) is 11.8 Å². The molecule has 4 nitrogen and oxygen atoms in total. The third kappa shape index (κ3) is 7.48. The fourth-order valence-electron chi connectivity index (χ4n) is 2.78. The second kappa shape index (κ2) is 12.4. The monoisotopic (exact) mass is 391 g/mol. The Hall–Kier alpha value is -3.03. The predicted octanol–water partition coefficient (Wildman–Crippen LogP) is 5.21. The maximum atomic E-state index is 12.5. The van der Waals surface area contributed by atoms with E-state index < -0.39 is 0 Å². The third-order valence-corrected chi connectivity index (χ3v) is 4.55. The number of terminal acetylenes is 1. The molecule has 0 saturated heterocycles. The van der Waals surface area contributed by atoms with Gasteiger partial charge in [0.2, 0.25) is 5.91 Å². The number of carbonyl (C=O) groups excluding carboxylic acids is 1. The van der Waals surface area contributed by atoms with Crippen molar-refractivity contribution in [2.45, 2.75) is 41.5 Å². The number of nitrogens with one attached hydrogen (secondary N) is 3. The first kappa shape index (κ1) is 24.0. The smallest absolute Gasteiger partial charge is 0.231 e. The highest BCUT2D eigenvalue weighted by atomic mass is 16.1. The van der Waals surface area contributed by atoms with Gasteiger partial charge in [-0.2, -0.15) is 0 Å². The van der Waals surface area contributed by atoms with Gasteiger partial charge < -0.3 is 10.7 Å². The van der Waals surface area contributed by atoms with E-state index in [9.17, 15) is 4.79 Å². The predicted molar refractivity (Wildman–Crippen MR) is 125 cm³/mol. The fourth-order valence-corrected chi connectivity index (χ4v) is 2.78. The standard InChI is InChI=1S/C25H33N3O/c1-8-11-12-21(9-2)24(18(4)5)22-13-15-23(16-14-22)28-25(29)20(7)19(6)17-27-26-10-3/h1,9,11-17,20,26-27H,10H2,2-7H3,(H,28,29)/b12-11-,19-17-,21-9+. The highest BCUT2D eigenvalue weighted by molar-refractivity contribution is 5.94. The molecule has 1 rings (SSSR count). The quantitative estimate of drug-likeness (QED) is 0.234. The first-order valence-electron chi connectivity index (χ1n) is 9.88. The number of hydrogen-bond acceptors (Lipinski definition) is 3. The summed E-state index contributed by atoms with van der Waals surface area (Å²) >= 11 is 0. The minimum absolute atomic E-state index is 0.0432. The molecule has 0 aliphatic carbocycles. The normalized spacial score (nSPS) is 13.0. The number of hydrazine groups is 1. The number of amides is 1. The first-order valence-corrected chi connectivity index (χ1v) is 9.88. The molecule has 1 aromatic carbocycles. The van der Waals surface area contributed by atoms with Gasteiger partial charge in [-0.25, -0.2) is 5.43 Å². The lowest BCUT2D eigenvalue weighted by atomic mass is 9.93. The Bertz CT molecular complexity index is 845. The van der Waals surface area contributed by atoms with Crippen molar-refractivity contribution in [1.29, 1.82) is 0 Å². The molecule has 29 heavy (non-hydrogen) atoms. The number of carbonyl (C=O) groups is 1. The van der Waals surface area contributed by atoms with E-state index in [1.165, 1.54) is 5.57 Å². The Morgan fingerprint density at radius 3 is 2.38 bits per heavy atom. The van der Waals surface area contributed by atoms with Crippen LogP contribution in [0.3, 0.4) is 0 Å². The van der Waals surface area contributed by atoms with E-state index in [1.54, 1.807) is 6.08 Å². The molecule has 4 heteroatoms. The zero-order chi connectivity index (χ0) is 21.8. The van der Waals surface area contributed by atoms with Crippen molar-refractivity contribution in [2.75, 3.05) is 11.9 Å². The lowest BCUT2D eigenvalue weighted by molar-refractivity contribution is -0.118. The number of anilines is 1. The second-order valence-electron chi connectivity index (χ2n) is 6.97. The number of allylic oxidation sites excluding steroid dienone is 6. The Kier molecular flexibility index (Phi) is 10.3. The largest absolute Gasteiger partial charge is 0.329 e. The van der Waals surface area contributed by atoms with E-state index in [0.717, 1.165) is 34.5 Å². The molecule has 0 fully saturated rings. The van der Waals surface area contributed by atoms with Crippen molar-refractivity contribution < 1.29 is 4.79 Å². The van der Waals surface area contributed by atoms with Crippen LogP contribution in [0.15, 0.2) is 65.4 Å². The van der Waals surface area contributed by atoms with Gasteiger partial charge in [0, 0.05) is 18.4 Å². The molecule has 1 unspecified atom stereocenters. The molecule has 0 heterocycles. The maximum Gasteiger partial charge on any atom is 0.231 e. The summed E-state index contributed by atoms with van der Waals surface area (Å²) in [7, 11) is 0. The molecule has 3 N–H and O–H groups in total. The second-order valence-corrected chi connectivity index (χ2v) is 6.97. The highest BCUT2D eigenvalue weighted by Gasteiger charge is 2.15. The molecular formula is C25H33N3O. The van der Waals surface area contributed by atoms with Gasteiger partial charge in [-0.05, 0) is 81.2 Å². The Balaban J connectivity index is 2.97. The molecule has 0 aromatic heterocycles. The van der Waals surface area contributed by atoms with Crippen molar-refractivity contribution in [3.63, 3.8) is 0 Å². The minimum atomic E-state index is -0.238. The summed E-state index contributed by atoms with van der Waals surface area (Å²) in [5, 5.41) is 2.99. The van der Waals surface area contributed by atoms with Crippen LogP contribution in [-0.2, 0) is 4.79 Å². The molecule has 0 aliphatic rings. The lowest BCUT2D eigenvalue weighted by Crippen LogP contribution is -2.28. The van der Waals surface area contributed by atoms with E-state index in [4.69, 9.17) is 6.42 Å². The molecular weight excluding hydrogens is 358 g/mol. The maximum absolute atomic E-state index is 12.5. The van der Waals surface area contributed by atoms with Gasteiger partial charge in [0.15, 0.2) is 0 Å². The Morgan fingerprint density at radius 1 is 1.21 bits per heavy atom. The van der Waals surface area contributed by atoms with Gasteiger partial charge in [-0.15, -0.1) is 6.42 Å². The summed E-state index contributed by atoms with van der Waals surface area (Å²) in [4.78, 5) is 12.5. The first-order chi connectivity index (χ1) is 13.8. The average molecular weight is 392 g/mol. The van der Waals surface area contributed by atoms with Crippen LogP contribution in [-0.4, -0.2) is 12.5 Å². The van der Waals surface area contributed by atoms with Gasteiger partial charge in [0.05, 0.1) is 5.92 Å². The molecule has 1 amide bonds. The van der Waals surface area contributed by atoms with Crippen molar-refractivity contribution in [3.05, 3.63) is 71.0 Å². The van der Waals surface area contributed by atoms with E-state index in [0.29, 0.717) is 0 Å². The zero-order valence-electron chi connectivity index (χ0n) is 18.4. The van der Waals surface area contributed by atoms with Gasteiger partial charge in [-0.3, -0.25) is 4.79 Å². The van der Waals surface area contributed by atoms with Crippen molar-refractivity contribution in [3.8, 4) is 12.3 Å². The third-order valence-electron chi connectivity index (χ3n) is 4.55. The van der Waals surface area contributed by atoms with E-state index in [2.05, 4.69) is 35.9 Å². The molecule has 0 spiro atoms. The van der Waals surface area contributed by atoms with Crippen LogP contribution in [0.1, 0.15) is 47.1 Å². The summed E-state index contributed by atoms with van der Waals surface area (Å²) in [6.07, 6.45) is 12.9. The van der Waals surface area contributed by atoms with Crippen LogP contribution in [0.25, 0.3) is 5.57 Å². The molecule has 0 saturated carbocycles. The van der Waals surface area contributed by atoms with Gasteiger partial charge in [0.1, 0.15) is 0 Å². The Labute approximate surface area is 175 Å². The molecule has 0 bridgehead atoms. The van der Waals surface area contributed by atoms with Crippen molar-refractivity contribution in [2.24, 2.45) is 5.92 Å². The number of hydrogen-bond donors (Lipinski definition) is 3. The molecule has 0 radical (unpaired) electrons. The van der Waals surface area contributed by atoms with Crippen LogP contribution < -0.4 is 16.2 Å². The van der Waals surface area contributed by atoms with Crippen LogP contribution in [0.5, 0.6) is 0 Å². The molecule has 0 aliphatic heterocycles. The number of benzene rings is 1. The van der Waals surface area contributed by atoms with Crippen LogP contribution >= 0.6 is 0 Å². The molecule has 154 valence electrons. The van der Waals surface area contributed by atoms with E-state index in [1.807, 2.05) is 70.3 Å². The minimum Gasteiger partial charge on any atom is -0.329 e. The SMILES string of the molecule is C#C/C=C\C(=C/C)C(=C(C)C)c1ccc(NC(=O)C(C)/C(C)=C\NNCC)cc1. The van der Waals surface area contributed by atoms with Crippen LogP contribution in [0.4, 0.5) is 5.69 Å². The summed E-state index contributed by atoms with van der Waals surface area (Å²) < 4.78 is 0. The highest BCUT2D eigenvalue weighted by Crippen LogP contribution is 2.29. The summed E-state index contributed by atoms with van der Waals surface area (Å²) in [6, 6.07) is 7.89. The summed E-state index contributed by atoms with van der Waals surface area (Å²) in [5.41, 5.74) is 12.2. The molecule has 1 atom stereocenters. The van der Waals surface area contributed by atoms with Gasteiger partial charge in [0.25, 0.3) is 0 Å². The van der Waals surface area contributed by atoms with Crippen LogP contribution in [0.2, 0.25) is 0 Å². The van der Waals surface area contributed by atoms with E-state index >= 15 is 0 Å². The van der Waals surface area contributed by atoms with Crippen LogP contribution in [0, 0.1) is 18.3 Å². The van der Waals surface area contributed by atoms with Crippen molar-refractivity contribution in [1.82, 2.24) is 10.9 Å². The van der Waals surface area contributed by atoms with Gasteiger partial charge >= 0.3 is 0 Å². The lowest BCUT2D eigenvalue weighted by Gasteiger charge is -2.15. The van der Waals surface area contributed by atoms with Crippen molar-refractivity contribution >= 4 is 17.2 Å². The topological polar surface area (TPSA) is 53.2 Å². The summed E-state index contributed by atoms with van der Waals surface area (Å²) in [6.45, 7) is 12.8. The Morgan fingerprint density at radius 2 is 1.86 bits per heavy atom. The zero-order valence-corrected chi connectivity index (χ0v) is 18.4. The summed E-state index contributed by atoms with van der Waals surface area (Å²) in [5.74, 6) is 2.26. The average Bonchev–Trinajstić information content (AvgIpc) is 2.71.